The average Bonchev–Trinajstić information content (AvgIpc) is 2.68. The van der Waals surface area contributed by atoms with Gasteiger partial charge < -0.3 is 15.3 Å². The fourth-order valence-electron chi connectivity index (χ4n) is 3.16. The molecular formula is C15H22N2O. The molecule has 0 amide bonds. The fourth-order valence-corrected chi connectivity index (χ4v) is 3.16. The zero-order valence-electron chi connectivity index (χ0n) is 10.8. The number of nitrogens with one attached hydrogen (secondary N) is 1. The zero-order valence-corrected chi connectivity index (χ0v) is 10.8. The lowest BCUT2D eigenvalue weighted by Crippen LogP contribution is -2.38. The summed E-state index contributed by atoms with van der Waals surface area (Å²) >= 11 is 0. The number of benzene rings is 1. The Morgan fingerprint density at radius 3 is 3.00 bits per heavy atom. The Morgan fingerprint density at radius 2 is 2.17 bits per heavy atom. The van der Waals surface area contributed by atoms with Gasteiger partial charge in [-0.25, -0.2) is 0 Å². The van der Waals surface area contributed by atoms with E-state index in [1.807, 2.05) is 0 Å². The van der Waals surface area contributed by atoms with E-state index in [9.17, 15) is 5.11 Å². The van der Waals surface area contributed by atoms with Gasteiger partial charge in [0.1, 0.15) is 0 Å². The monoisotopic (exact) mass is 246 g/mol. The normalized spacial score (nSPS) is 27.9. The van der Waals surface area contributed by atoms with Crippen LogP contribution < -0.4 is 10.2 Å². The van der Waals surface area contributed by atoms with Crippen molar-refractivity contribution in [2.45, 2.75) is 37.8 Å². The van der Waals surface area contributed by atoms with Crippen LogP contribution in [0.3, 0.4) is 0 Å². The first-order valence-corrected chi connectivity index (χ1v) is 7.07. The predicted molar refractivity (Wildman–Crippen MR) is 74.0 cm³/mol. The molecule has 0 radical (unpaired) electrons. The number of nitrogens with zero attached hydrogens (tertiary/aromatic N) is 1. The van der Waals surface area contributed by atoms with Crippen molar-refractivity contribution in [1.82, 2.24) is 5.32 Å². The summed E-state index contributed by atoms with van der Waals surface area (Å²) in [4.78, 5) is 2.50. The number of aliphatic hydroxyl groups is 1. The van der Waals surface area contributed by atoms with E-state index in [-0.39, 0.29) is 6.10 Å². The van der Waals surface area contributed by atoms with Gasteiger partial charge in [0, 0.05) is 31.4 Å². The molecule has 0 aromatic heterocycles. The minimum atomic E-state index is -0.155. The molecule has 1 aromatic carbocycles. The van der Waals surface area contributed by atoms with E-state index >= 15 is 0 Å². The summed E-state index contributed by atoms with van der Waals surface area (Å²) in [7, 11) is 0. The Kier molecular flexibility index (Phi) is 3.52. The van der Waals surface area contributed by atoms with Gasteiger partial charge >= 0.3 is 0 Å². The molecule has 1 fully saturated rings. The quantitative estimate of drug-likeness (QED) is 0.831. The molecule has 2 unspecified atom stereocenters. The third-order valence-corrected chi connectivity index (χ3v) is 4.10. The second-order valence-corrected chi connectivity index (χ2v) is 5.53. The van der Waals surface area contributed by atoms with E-state index in [0.717, 1.165) is 26.1 Å². The molecule has 3 nitrogen and oxygen atoms in total. The third-order valence-electron chi connectivity index (χ3n) is 4.10. The Balaban J connectivity index is 1.75. The highest BCUT2D eigenvalue weighted by Crippen LogP contribution is 2.26. The van der Waals surface area contributed by atoms with Gasteiger partial charge in [-0.05, 0) is 37.3 Å². The second-order valence-electron chi connectivity index (χ2n) is 5.53. The van der Waals surface area contributed by atoms with E-state index < -0.39 is 0 Å². The standard InChI is InChI=1S/C15H22N2O/c18-14-9-13(16-10-14)11-17-8-4-3-6-12-5-1-2-7-15(12)17/h1-2,5,7,13-14,16,18H,3-4,6,8-11H2. The van der Waals surface area contributed by atoms with E-state index in [2.05, 4.69) is 34.5 Å². The van der Waals surface area contributed by atoms with Crippen LogP contribution in [0.4, 0.5) is 5.69 Å². The van der Waals surface area contributed by atoms with Crippen LogP contribution in [0.25, 0.3) is 0 Å². The van der Waals surface area contributed by atoms with E-state index in [1.54, 1.807) is 0 Å². The molecular weight excluding hydrogens is 224 g/mol. The molecule has 3 rings (SSSR count). The summed E-state index contributed by atoms with van der Waals surface area (Å²) in [5.74, 6) is 0. The van der Waals surface area contributed by atoms with Crippen LogP contribution >= 0.6 is 0 Å². The van der Waals surface area contributed by atoms with Crippen molar-refractivity contribution in [2.75, 3.05) is 24.5 Å². The summed E-state index contributed by atoms with van der Waals surface area (Å²) in [6.45, 7) is 2.92. The molecule has 2 heterocycles. The molecule has 2 atom stereocenters. The van der Waals surface area contributed by atoms with E-state index in [0.29, 0.717) is 6.04 Å². The summed E-state index contributed by atoms with van der Waals surface area (Å²) in [6.07, 6.45) is 4.49. The molecule has 2 N–H and O–H groups in total. The van der Waals surface area contributed by atoms with Crippen molar-refractivity contribution >= 4 is 5.69 Å². The summed E-state index contributed by atoms with van der Waals surface area (Å²) in [5.41, 5.74) is 2.88. The summed E-state index contributed by atoms with van der Waals surface area (Å²) in [6, 6.07) is 9.20. The summed E-state index contributed by atoms with van der Waals surface area (Å²) in [5, 5.41) is 13.0. The maximum atomic E-state index is 9.60. The third kappa shape index (κ3) is 2.52. The lowest BCUT2D eigenvalue weighted by molar-refractivity contribution is 0.193. The number of hydrogen-bond acceptors (Lipinski definition) is 3. The Labute approximate surface area is 109 Å². The molecule has 1 aromatic rings. The molecule has 3 heteroatoms. The molecule has 98 valence electrons. The maximum Gasteiger partial charge on any atom is 0.0680 e. The topological polar surface area (TPSA) is 35.5 Å². The number of aliphatic hydroxyl groups excluding tert-OH is 1. The SMILES string of the molecule is OC1CNC(CN2CCCCc3ccccc32)C1. The van der Waals surface area contributed by atoms with Gasteiger partial charge in [0.15, 0.2) is 0 Å². The number of fused-ring (bicyclic) bond motifs is 1. The zero-order chi connectivity index (χ0) is 12.4. The number of para-hydroxylation sites is 1. The second kappa shape index (κ2) is 5.29. The minimum Gasteiger partial charge on any atom is -0.392 e. The van der Waals surface area contributed by atoms with Gasteiger partial charge in [-0.15, -0.1) is 0 Å². The van der Waals surface area contributed by atoms with E-state index in [1.165, 1.54) is 30.5 Å². The van der Waals surface area contributed by atoms with Gasteiger partial charge in [-0.1, -0.05) is 18.2 Å². The Hall–Kier alpha value is -1.06. The van der Waals surface area contributed by atoms with Gasteiger partial charge in [-0.3, -0.25) is 0 Å². The van der Waals surface area contributed by atoms with Crippen LogP contribution in [-0.2, 0) is 6.42 Å². The average molecular weight is 246 g/mol. The highest BCUT2D eigenvalue weighted by molar-refractivity contribution is 5.54. The van der Waals surface area contributed by atoms with Crippen LogP contribution in [-0.4, -0.2) is 36.9 Å². The van der Waals surface area contributed by atoms with Crippen molar-refractivity contribution in [3.63, 3.8) is 0 Å². The minimum absolute atomic E-state index is 0.155. The van der Waals surface area contributed by atoms with Crippen LogP contribution in [0.5, 0.6) is 0 Å². The maximum absolute atomic E-state index is 9.60. The molecule has 0 aliphatic carbocycles. The Bertz CT molecular complexity index is 407. The number of aryl methyl sites for hydroxylation is 1. The summed E-state index contributed by atoms with van der Waals surface area (Å²) < 4.78 is 0. The first-order valence-electron chi connectivity index (χ1n) is 7.07. The Morgan fingerprint density at radius 1 is 1.28 bits per heavy atom. The molecule has 1 saturated heterocycles. The fraction of sp³-hybridized carbons (Fsp3) is 0.600. The molecule has 2 aliphatic heterocycles. The molecule has 18 heavy (non-hydrogen) atoms. The molecule has 0 spiro atoms. The van der Waals surface area contributed by atoms with Crippen LogP contribution in [0.1, 0.15) is 24.8 Å². The first-order chi connectivity index (χ1) is 8.83. The van der Waals surface area contributed by atoms with Crippen LogP contribution in [0, 0.1) is 0 Å². The van der Waals surface area contributed by atoms with Gasteiger partial charge in [0.05, 0.1) is 6.10 Å². The molecule has 0 bridgehead atoms. The highest BCUT2D eigenvalue weighted by atomic mass is 16.3. The highest BCUT2D eigenvalue weighted by Gasteiger charge is 2.25. The largest absolute Gasteiger partial charge is 0.392 e. The smallest absolute Gasteiger partial charge is 0.0680 e. The van der Waals surface area contributed by atoms with Gasteiger partial charge in [0.25, 0.3) is 0 Å². The number of hydrogen-bond donors (Lipinski definition) is 2. The van der Waals surface area contributed by atoms with E-state index in [4.69, 9.17) is 0 Å². The van der Waals surface area contributed by atoms with Crippen molar-refractivity contribution in [1.29, 1.82) is 0 Å². The number of β-amino-alcohol motifs (C(OH)–C–C–N with tert-alkyl or cyclic N) is 1. The van der Waals surface area contributed by atoms with Crippen LogP contribution in [0.15, 0.2) is 24.3 Å². The number of anilines is 1. The van der Waals surface area contributed by atoms with Crippen molar-refractivity contribution in [2.24, 2.45) is 0 Å². The molecule has 0 saturated carbocycles. The lowest BCUT2D eigenvalue weighted by atomic mass is 10.1. The van der Waals surface area contributed by atoms with Crippen LogP contribution in [0.2, 0.25) is 0 Å². The lowest BCUT2D eigenvalue weighted by Gasteiger charge is -2.28. The first kappa shape index (κ1) is 12.0. The molecule has 2 aliphatic rings. The number of rotatable bonds is 2. The van der Waals surface area contributed by atoms with Gasteiger partial charge in [0.2, 0.25) is 0 Å². The van der Waals surface area contributed by atoms with Gasteiger partial charge in [-0.2, -0.15) is 0 Å². The van der Waals surface area contributed by atoms with Crippen molar-refractivity contribution in [3.8, 4) is 0 Å². The predicted octanol–water partition coefficient (Wildman–Crippen LogP) is 1.55. The van der Waals surface area contributed by atoms with Crippen molar-refractivity contribution in [3.05, 3.63) is 29.8 Å². The van der Waals surface area contributed by atoms with Crippen molar-refractivity contribution < 1.29 is 5.11 Å².